The minimum atomic E-state index is -0.434. The van der Waals surface area contributed by atoms with Gasteiger partial charge in [0.25, 0.3) is 5.24 Å². The lowest BCUT2D eigenvalue weighted by molar-refractivity contribution is 0.108. The van der Waals surface area contributed by atoms with E-state index in [2.05, 4.69) is 53.3 Å². The number of hydrogen-bond acceptors (Lipinski definition) is 1. The molecule has 0 bridgehead atoms. The molecule has 0 saturated carbocycles. The first-order valence-corrected chi connectivity index (χ1v) is 9.56. The van der Waals surface area contributed by atoms with Crippen molar-refractivity contribution in [2.75, 3.05) is 0 Å². The summed E-state index contributed by atoms with van der Waals surface area (Å²) in [6.45, 7) is 15.9. The summed E-state index contributed by atoms with van der Waals surface area (Å²) in [6.07, 6.45) is 2.40. The molecule has 1 aliphatic rings. The molecule has 2 aromatic rings. The predicted octanol–water partition coefficient (Wildman–Crippen LogP) is 6.78. The first-order chi connectivity index (χ1) is 12.0. The third kappa shape index (κ3) is 3.25. The lowest BCUT2D eigenvalue weighted by atomic mass is 9.62. The molecule has 0 aromatic heterocycles. The Hall–Kier alpha value is -1.86. The van der Waals surface area contributed by atoms with Crippen molar-refractivity contribution in [3.05, 3.63) is 76.4 Å². The molecule has 0 fully saturated rings. The van der Waals surface area contributed by atoms with Crippen LogP contribution in [-0.2, 0) is 10.8 Å². The minimum absolute atomic E-state index is 0.169. The van der Waals surface area contributed by atoms with E-state index in [1.54, 1.807) is 12.1 Å². The summed E-state index contributed by atoms with van der Waals surface area (Å²) in [5.74, 6) is 0. The zero-order valence-corrected chi connectivity index (χ0v) is 17.1. The molecule has 3 rings (SSSR count). The van der Waals surface area contributed by atoms with Crippen molar-refractivity contribution in [2.45, 2.75) is 58.3 Å². The van der Waals surface area contributed by atoms with Gasteiger partial charge in [0.1, 0.15) is 0 Å². The SMILES string of the molecule is C=C(c1ccc(C(=O)Cl)cc1)c1cc2c(cc1C)C(C)(C)CCC2(C)C. The Morgan fingerprint density at radius 1 is 0.923 bits per heavy atom. The average Bonchev–Trinajstić information content (AvgIpc) is 2.58. The van der Waals surface area contributed by atoms with Crippen molar-refractivity contribution >= 4 is 22.4 Å². The zero-order chi connectivity index (χ0) is 19.3. The number of hydrogen-bond donors (Lipinski definition) is 0. The van der Waals surface area contributed by atoms with E-state index < -0.39 is 5.24 Å². The normalized spacial score (nSPS) is 17.5. The van der Waals surface area contributed by atoms with Crippen LogP contribution in [0.25, 0.3) is 5.57 Å². The number of benzene rings is 2. The fraction of sp³-hybridized carbons (Fsp3) is 0.375. The summed E-state index contributed by atoms with van der Waals surface area (Å²) in [4.78, 5) is 11.3. The largest absolute Gasteiger partial charge is 0.276 e. The lowest BCUT2D eigenvalue weighted by Gasteiger charge is -2.42. The van der Waals surface area contributed by atoms with Gasteiger partial charge < -0.3 is 0 Å². The van der Waals surface area contributed by atoms with Gasteiger partial charge in [-0.3, -0.25) is 4.79 Å². The van der Waals surface area contributed by atoms with Crippen molar-refractivity contribution in [1.82, 2.24) is 0 Å². The molecule has 136 valence electrons. The Morgan fingerprint density at radius 3 is 1.88 bits per heavy atom. The van der Waals surface area contributed by atoms with E-state index >= 15 is 0 Å². The quantitative estimate of drug-likeness (QED) is 0.547. The van der Waals surface area contributed by atoms with Crippen LogP contribution in [0.1, 0.15) is 78.7 Å². The highest BCUT2D eigenvalue weighted by Crippen LogP contribution is 2.47. The molecule has 1 aliphatic carbocycles. The molecule has 2 heteroatoms. The highest BCUT2D eigenvalue weighted by Gasteiger charge is 2.37. The Kier molecular flexibility index (Phi) is 4.65. The van der Waals surface area contributed by atoms with Gasteiger partial charge in [-0.05, 0) is 87.7 Å². The average molecular weight is 367 g/mol. The minimum Gasteiger partial charge on any atom is -0.276 e. The van der Waals surface area contributed by atoms with Crippen molar-refractivity contribution < 1.29 is 4.79 Å². The molecular formula is C24H27ClO. The summed E-state index contributed by atoms with van der Waals surface area (Å²) in [6, 6.07) is 12.1. The number of halogens is 1. The number of fused-ring (bicyclic) bond motifs is 1. The first kappa shape index (κ1) is 18.9. The van der Waals surface area contributed by atoms with Crippen LogP contribution in [0.3, 0.4) is 0 Å². The van der Waals surface area contributed by atoms with Crippen LogP contribution in [0, 0.1) is 6.92 Å². The van der Waals surface area contributed by atoms with Gasteiger partial charge in [0.15, 0.2) is 0 Å². The fourth-order valence-corrected chi connectivity index (χ4v) is 4.13. The zero-order valence-electron chi connectivity index (χ0n) is 16.4. The molecule has 1 nitrogen and oxygen atoms in total. The standard InChI is InChI=1S/C24H27ClO/c1-15-13-20-21(24(5,6)12-11-23(20,3)4)14-19(15)16(2)17-7-9-18(10-8-17)22(25)26/h7-10,13-14H,2,11-12H2,1,3-6H3. The van der Waals surface area contributed by atoms with E-state index in [1.165, 1.54) is 35.1 Å². The number of aryl methyl sites for hydroxylation is 1. The van der Waals surface area contributed by atoms with Crippen LogP contribution in [0.4, 0.5) is 0 Å². The second-order valence-corrected chi connectivity index (χ2v) is 9.15. The van der Waals surface area contributed by atoms with E-state index in [1.807, 2.05) is 12.1 Å². The Labute approximate surface area is 162 Å². The van der Waals surface area contributed by atoms with Gasteiger partial charge in [-0.15, -0.1) is 0 Å². The molecule has 26 heavy (non-hydrogen) atoms. The third-order valence-corrected chi connectivity index (χ3v) is 6.20. The molecule has 0 aliphatic heterocycles. The van der Waals surface area contributed by atoms with Gasteiger partial charge in [-0.25, -0.2) is 0 Å². The Morgan fingerprint density at radius 2 is 1.38 bits per heavy atom. The van der Waals surface area contributed by atoms with Gasteiger partial charge >= 0.3 is 0 Å². The molecule has 0 N–H and O–H groups in total. The van der Waals surface area contributed by atoms with Crippen molar-refractivity contribution in [3.8, 4) is 0 Å². The van der Waals surface area contributed by atoms with E-state index in [9.17, 15) is 4.79 Å². The van der Waals surface area contributed by atoms with E-state index in [0.29, 0.717) is 5.56 Å². The molecule has 0 amide bonds. The van der Waals surface area contributed by atoms with Crippen LogP contribution < -0.4 is 0 Å². The molecular weight excluding hydrogens is 340 g/mol. The number of rotatable bonds is 3. The van der Waals surface area contributed by atoms with Gasteiger partial charge in [-0.1, -0.05) is 58.5 Å². The van der Waals surface area contributed by atoms with Gasteiger partial charge in [0, 0.05) is 5.56 Å². The maximum atomic E-state index is 11.3. The van der Waals surface area contributed by atoms with Crippen LogP contribution in [-0.4, -0.2) is 5.24 Å². The van der Waals surface area contributed by atoms with Crippen LogP contribution in [0.15, 0.2) is 43.0 Å². The fourth-order valence-electron chi connectivity index (χ4n) is 4.01. The second kappa shape index (κ2) is 6.39. The smallest absolute Gasteiger partial charge is 0.252 e. The topological polar surface area (TPSA) is 17.1 Å². The lowest BCUT2D eigenvalue weighted by Crippen LogP contribution is -2.34. The summed E-state index contributed by atoms with van der Waals surface area (Å²) in [7, 11) is 0. The maximum Gasteiger partial charge on any atom is 0.252 e. The van der Waals surface area contributed by atoms with Crippen LogP contribution in [0.5, 0.6) is 0 Å². The van der Waals surface area contributed by atoms with Crippen molar-refractivity contribution in [2.24, 2.45) is 0 Å². The highest BCUT2D eigenvalue weighted by molar-refractivity contribution is 6.67. The summed E-state index contributed by atoms with van der Waals surface area (Å²) in [5, 5.41) is -0.434. The predicted molar refractivity (Wildman–Crippen MR) is 111 cm³/mol. The van der Waals surface area contributed by atoms with E-state index in [0.717, 1.165) is 11.1 Å². The molecule has 0 heterocycles. The number of carbonyl (C=O) groups excluding carboxylic acids is 1. The molecule has 0 saturated heterocycles. The van der Waals surface area contributed by atoms with Gasteiger partial charge in [0.05, 0.1) is 0 Å². The van der Waals surface area contributed by atoms with E-state index in [4.69, 9.17) is 11.6 Å². The number of carbonyl (C=O) groups is 1. The Bertz CT molecular complexity index is 885. The molecule has 0 radical (unpaired) electrons. The monoisotopic (exact) mass is 366 g/mol. The first-order valence-electron chi connectivity index (χ1n) is 9.18. The van der Waals surface area contributed by atoms with Gasteiger partial charge in [0.2, 0.25) is 0 Å². The van der Waals surface area contributed by atoms with Crippen LogP contribution >= 0.6 is 11.6 Å². The Balaban J connectivity index is 2.09. The van der Waals surface area contributed by atoms with Gasteiger partial charge in [-0.2, -0.15) is 0 Å². The third-order valence-electron chi connectivity index (χ3n) is 5.98. The summed E-state index contributed by atoms with van der Waals surface area (Å²) >= 11 is 5.55. The second-order valence-electron chi connectivity index (χ2n) is 8.81. The maximum absolute atomic E-state index is 11.3. The molecule has 0 atom stereocenters. The molecule has 2 aromatic carbocycles. The highest BCUT2D eigenvalue weighted by atomic mass is 35.5. The van der Waals surface area contributed by atoms with E-state index in [-0.39, 0.29) is 10.8 Å². The van der Waals surface area contributed by atoms with Crippen LogP contribution in [0.2, 0.25) is 0 Å². The molecule has 0 unspecified atom stereocenters. The molecule has 0 spiro atoms. The summed E-state index contributed by atoms with van der Waals surface area (Å²) < 4.78 is 0. The summed E-state index contributed by atoms with van der Waals surface area (Å²) in [5.41, 5.74) is 8.21. The van der Waals surface area contributed by atoms with Crippen molar-refractivity contribution in [3.63, 3.8) is 0 Å². The van der Waals surface area contributed by atoms with Crippen molar-refractivity contribution in [1.29, 1.82) is 0 Å².